The monoisotopic (exact) mass is 277 g/mol. The van der Waals surface area contributed by atoms with Crippen molar-refractivity contribution in [2.75, 3.05) is 18.0 Å². The van der Waals surface area contributed by atoms with Crippen molar-refractivity contribution < 1.29 is 0 Å². The number of hydrogen-bond acceptors (Lipinski definition) is 3. The SMILES string of the molecule is CCC(C)CN(CC)c1nnc(Cl)c2ccccc12. The van der Waals surface area contributed by atoms with Gasteiger partial charge in [-0.1, -0.05) is 56.1 Å². The number of fused-ring (bicyclic) bond motifs is 1. The van der Waals surface area contributed by atoms with Crippen molar-refractivity contribution in [3.8, 4) is 0 Å². The highest BCUT2D eigenvalue weighted by atomic mass is 35.5. The van der Waals surface area contributed by atoms with Crippen molar-refractivity contribution in [2.24, 2.45) is 5.92 Å². The fourth-order valence-electron chi connectivity index (χ4n) is 2.16. The molecule has 3 nitrogen and oxygen atoms in total. The molecule has 2 rings (SSSR count). The van der Waals surface area contributed by atoms with Crippen LogP contribution in [0.4, 0.5) is 5.82 Å². The van der Waals surface area contributed by atoms with Crippen LogP contribution in [0.3, 0.4) is 0 Å². The van der Waals surface area contributed by atoms with E-state index in [0.717, 1.165) is 36.1 Å². The van der Waals surface area contributed by atoms with Crippen LogP contribution < -0.4 is 4.90 Å². The Morgan fingerprint density at radius 1 is 1.16 bits per heavy atom. The van der Waals surface area contributed by atoms with Gasteiger partial charge in [0.1, 0.15) is 0 Å². The fraction of sp³-hybridized carbons (Fsp3) is 0.467. The molecule has 1 unspecified atom stereocenters. The highest BCUT2D eigenvalue weighted by molar-refractivity contribution is 6.34. The van der Waals surface area contributed by atoms with E-state index < -0.39 is 0 Å². The van der Waals surface area contributed by atoms with E-state index in [4.69, 9.17) is 11.6 Å². The van der Waals surface area contributed by atoms with Gasteiger partial charge in [-0.05, 0) is 12.8 Å². The molecule has 0 fully saturated rings. The number of rotatable bonds is 5. The summed E-state index contributed by atoms with van der Waals surface area (Å²) in [4.78, 5) is 2.28. The van der Waals surface area contributed by atoms with E-state index in [1.54, 1.807) is 0 Å². The summed E-state index contributed by atoms with van der Waals surface area (Å²) in [7, 11) is 0. The summed E-state index contributed by atoms with van der Waals surface area (Å²) < 4.78 is 0. The molecule has 0 saturated heterocycles. The van der Waals surface area contributed by atoms with Crippen LogP contribution >= 0.6 is 11.6 Å². The maximum atomic E-state index is 6.12. The zero-order valence-electron chi connectivity index (χ0n) is 11.7. The molecule has 0 aliphatic rings. The predicted octanol–water partition coefficient (Wildman–Crippen LogP) is 4.16. The largest absolute Gasteiger partial charge is 0.355 e. The first-order valence-corrected chi connectivity index (χ1v) is 7.21. The summed E-state index contributed by atoms with van der Waals surface area (Å²) in [5.74, 6) is 1.57. The van der Waals surface area contributed by atoms with Gasteiger partial charge < -0.3 is 4.90 Å². The molecule has 0 N–H and O–H groups in total. The Morgan fingerprint density at radius 2 is 1.84 bits per heavy atom. The third-order valence-electron chi connectivity index (χ3n) is 3.53. The van der Waals surface area contributed by atoms with Crippen molar-refractivity contribution in [2.45, 2.75) is 27.2 Å². The molecule has 4 heteroatoms. The lowest BCUT2D eigenvalue weighted by Crippen LogP contribution is -2.29. The second kappa shape index (κ2) is 6.20. The molecular formula is C15H20ClN3. The van der Waals surface area contributed by atoms with Crippen molar-refractivity contribution >= 4 is 28.2 Å². The lowest BCUT2D eigenvalue weighted by molar-refractivity contribution is 0.545. The van der Waals surface area contributed by atoms with Gasteiger partial charge >= 0.3 is 0 Å². The first kappa shape index (κ1) is 14.1. The summed E-state index contributed by atoms with van der Waals surface area (Å²) in [6.45, 7) is 8.53. The Balaban J connectivity index is 2.46. The molecular weight excluding hydrogens is 258 g/mol. The Hall–Kier alpha value is -1.35. The van der Waals surface area contributed by atoms with Crippen LogP contribution in [0.15, 0.2) is 24.3 Å². The van der Waals surface area contributed by atoms with Crippen molar-refractivity contribution in [1.29, 1.82) is 0 Å². The molecule has 0 amide bonds. The molecule has 0 saturated carbocycles. The minimum Gasteiger partial charge on any atom is -0.355 e. The molecule has 0 aliphatic heterocycles. The molecule has 19 heavy (non-hydrogen) atoms. The van der Waals surface area contributed by atoms with Crippen molar-refractivity contribution in [3.63, 3.8) is 0 Å². The summed E-state index contributed by atoms with van der Waals surface area (Å²) in [6, 6.07) is 8.04. The van der Waals surface area contributed by atoms with Gasteiger partial charge in [-0.3, -0.25) is 0 Å². The number of nitrogens with zero attached hydrogens (tertiary/aromatic N) is 3. The third kappa shape index (κ3) is 2.98. The van der Waals surface area contributed by atoms with E-state index in [0.29, 0.717) is 11.1 Å². The van der Waals surface area contributed by atoms with Crippen molar-refractivity contribution in [1.82, 2.24) is 10.2 Å². The second-order valence-corrected chi connectivity index (χ2v) is 5.27. The lowest BCUT2D eigenvalue weighted by atomic mass is 10.1. The number of halogens is 1. The van der Waals surface area contributed by atoms with E-state index in [1.165, 1.54) is 0 Å². The average Bonchev–Trinajstić information content (AvgIpc) is 2.45. The minimum atomic E-state index is 0.471. The first-order valence-electron chi connectivity index (χ1n) is 6.83. The molecule has 2 aromatic rings. The van der Waals surface area contributed by atoms with E-state index >= 15 is 0 Å². The molecule has 0 aliphatic carbocycles. The number of anilines is 1. The smallest absolute Gasteiger partial charge is 0.159 e. The minimum absolute atomic E-state index is 0.471. The fourth-order valence-corrected chi connectivity index (χ4v) is 2.36. The van der Waals surface area contributed by atoms with Crippen LogP contribution in [0.1, 0.15) is 27.2 Å². The van der Waals surface area contributed by atoms with E-state index in [1.807, 2.05) is 18.2 Å². The molecule has 0 bridgehead atoms. The lowest BCUT2D eigenvalue weighted by Gasteiger charge is -2.25. The third-order valence-corrected chi connectivity index (χ3v) is 3.81. The highest BCUT2D eigenvalue weighted by Gasteiger charge is 2.14. The van der Waals surface area contributed by atoms with Crippen LogP contribution in [0.2, 0.25) is 5.15 Å². The molecule has 102 valence electrons. The van der Waals surface area contributed by atoms with Gasteiger partial charge in [0.25, 0.3) is 0 Å². The van der Waals surface area contributed by atoms with Crippen LogP contribution in [-0.2, 0) is 0 Å². The quantitative estimate of drug-likeness (QED) is 0.822. The maximum Gasteiger partial charge on any atom is 0.159 e. The van der Waals surface area contributed by atoms with Gasteiger partial charge in [0.05, 0.1) is 0 Å². The van der Waals surface area contributed by atoms with E-state index in [-0.39, 0.29) is 0 Å². The van der Waals surface area contributed by atoms with Gasteiger partial charge in [0.2, 0.25) is 0 Å². The number of aromatic nitrogens is 2. The Kier molecular flexibility index (Phi) is 4.59. The summed E-state index contributed by atoms with van der Waals surface area (Å²) in [5, 5.41) is 10.9. The zero-order valence-corrected chi connectivity index (χ0v) is 12.5. The Bertz CT molecular complexity index is 556. The van der Waals surface area contributed by atoms with E-state index in [9.17, 15) is 0 Å². The predicted molar refractivity (Wildman–Crippen MR) is 81.9 cm³/mol. The molecule has 0 spiro atoms. The summed E-state index contributed by atoms with van der Waals surface area (Å²) in [5.41, 5.74) is 0. The first-order chi connectivity index (χ1) is 9.17. The second-order valence-electron chi connectivity index (χ2n) is 4.91. The number of hydrogen-bond donors (Lipinski definition) is 0. The normalized spacial score (nSPS) is 12.6. The molecule has 1 heterocycles. The highest BCUT2D eigenvalue weighted by Crippen LogP contribution is 2.28. The van der Waals surface area contributed by atoms with Gasteiger partial charge in [-0.2, -0.15) is 0 Å². The standard InChI is InChI=1S/C15H20ClN3/c1-4-11(3)10-19(5-2)15-13-9-7-6-8-12(13)14(16)17-18-15/h6-9,11H,4-5,10H2,1-3H3. The molecule has 1 atom stereocenters. The maximum absolute atomic E-state index is 6.12. The van der Waals surface area contributed by atoms with Crippen LogP contribution in [0, 0.1) is 5.92 Å². The number of benzene rings is 1. The van der Waals surface area contributed by atoms with Crippen LogP contribution in [-0.4, -0.2) is 23.3 Å². The molecule has 1 aromatic carbocycles. The van der Waals surface area contributed by atoms with Gasteiger partial charge in [-0.15, -0.1) is 10.2 Å². The topological polar surface area (TPSA) is 29.0 Å². The van der Waals surface area contributed by atoms with Gasteiger partial charge in [0, 0.05) is 23.9 Å². The van der Waals surface area contributed by atoms with Gasteiger partial charge in [-0.25, -0.2) is 0 Å². The van der Waals surface area contributed by atoms with Gasteiger partial charge in [0.15, 0.2) is 11.0 Å². The zero-order chi connectivity index (χ0) is 13.8. The van der Waals surface area contributed by atoms with Crippen LogP contribution in [0.5, 0.6) is 0 Å². The average molecular weight is 278 g/mol. The van der Waals surface area contributed by atoms with Crippen molar-refractivity contribution in [3.05, 3.63) is 29.4 Å². The summed E-state index contributed by atoms with van der Waals surface area (Å²) >= 11 is 6.12. The Morgan fingerprint density at radius 3 is 2.47 bits per heavy atom. The summed E-state index contributed by atoms with van der Waals surface area (Å²) in [6.07, 6.45) is 1.16. The van der Waals surface area contributed by atoms with E-state index in [2.05, 4.69) is 41.9 Å². The Labute approximate surface area is 119 Å². The van der Waals surface area contributed by atoms with Crippen LogP contribution in [0.25, 0.3) is 10.8 Å². The molecule has 1 aromatic heterocycles. The molecule has 0 radical (unpaired) electrons.